The number of para-hydroxylation sites is 1. The van der Waals surface area contributed by atoms with Crippen LogP contribution in [0, 0.1) is 0 Å². The molecule has 1 saturated heterocycles. The van der Waals surface area contributed by atoms with Gasteiger partial charge in [-0.2, -0.15) is 0 Å². The molecular weight excluding hydrogens is 286 g/mol. The standard InChI is InChI=1S/C20H23NO2/c1-23-19-9-5-4-7-16(19)15-10-11-21(13-15)18-12-14-6-2-3-8-17(14)20(18)22/h2-9,15,18,20,22H,10-13H2,1H3. The van der Waals surface area contributed by atoms with E-state index in [0.29, 0.717) is 5.92 Å². The Kier molecular flexibility index (Phi) is 3.83. The average Bonchev–Trinajstić information content (AvgIpc) is 3.20. The number of rotatable bonds is 3. The second-order valence-electron chi connectivity index (χ2n) is 6.64. The predicted octanol–water partition coefficient (Wildman–Crippen LogP) is 3.14. The molecule has 2 aromatic carbocycles. The molecule has 3 heteroatoms. The molecule has 120 valence electrons. The van der Waals surface area contributed by atoms with E-state index < -0.39 is 0 Å². The number of aliphatic hydroxyl groups excluding tert-OH is 1. The molecule has 3 atom stereocenters. The zero-order valence-electron chi connectivity index (χ0n) is 13.5. The summed E-state index contributed by atoms with van der Waals surface area (Å²) in [5, 5.41) is 10.7. The number of nitrogens with zero attached hydrogens (tertiary/aromatic N) is 1. The van der Waals surface area contributed by atoms with Crippen molar-refractivity contribution in [3.63, 3.8) is 0 Å². The van der Waals surface area contributed by atoms with Crippen molar-refractivity contribution in [3.8, 4) is 5.75 Å². The molecule has 0 aromatic heterocycles. The number of likely N-dealkylation sites (tertiary alicyclic amines) is 1. The third-order valence-electron chi connectivity index (χ3n) is 5.43. The molecule has 0 radical (unpaired) electrons. The van der Waals surface area contributed by atoms with Crippen LogP contribution in [0.5, 0.6) is 5.75 Å². The molecule has 1 N–H and O–H groups in total. The van der Waals surface area contributed by atoms with Crippen LogP contribution >= 0.6 is 0 Å². The van der Waals surface area contributed by atoms with E-state index in [1.54, 1.807) is 7.11 Å². The molecule has 0 spiro atoms. The average molecular weight is 309 g/mol. The molecule has 0 bridgehead atoms. The van der Waals surface area contributed by atoms with Crippen molar-refractivity contribution in [2.45, 2.75) is 30.9 Å². The van der Waals surface area contributed by atoms with Gasteiger partial charge in [0.2, 0.25) is 0 Å². The van der Waals surface area contributed by atoms with Gasteiger partial charge in [-0.1, -0.05) is 42.5 Å². The predicted molar refractivity (Wildman–Crippen MR) is 90.8 cm³/mol. The molecule has 3 nitrogen and oxygen atoms in total. The lowest BCUT2D eigenvalue weighted by atomic mass is 9.97. The molecule has 1 heterocycles. The smallest absolute Gasteiger partial charge is 0.122 e. The maximum Gasteiger partial charge on any atom is 0.122 e. The lowest BCUT2D eigenvalue weighted by Gasteiger charge is -2.27. The first-order valence-corrected chi connectivity index (χ1v) is 8.40. The van der Waals surface area contributed by atoms with Gasteiger partial charge in [0.25, 0.3) is 0 Å². The lowest BCUT2D eigenvalue weighted by Crippen LogP contribution is -2.36. The van der Waals surface area contributed by atoms with E-state index in [0.717, 1.165) is 37.2 Å². The molecule has 23 heavy (non-hydrogen) atoms. The number of ether oxygens (including phenoxy) is 1. The number of hydrogen-bond acceptors (Lipinski definition) is 3. The highest BCUT2D eigenvalue weighted by Gasteiger charge is 2.38. The van der Waals surface area contributed by atoms with Crippen molar-refractivity contribution >= 4 is 0 Å². The molecule has 2 aliphatic rings. The van der Waals surface area contributed by atoms with E-state index in [1.807, 2.05) is 18.2 Å². The van der Waals surface area contributed by atoms with Crippen LogP contribution in [0.1, 0.15) is 35.1 Å². The molecule has 1 fully saturated rings. The first kappa shape index (κ1) is 14.7. The van der Waals surface area contributed by atoms with Gasteiger partial charge in [0.05, 0.1) is 13.2 Å². The van der Waals surface area contributed by atoms with Gasteiger partial charge in [0.15, 0.2) is 0 Å². The highest BCUT2D eigenvalue weighted by Crippen LogP contribution is 2.40. The minimum Gasteiger partial charge on any atom is -0.496 e. The van der Waals surface area contributed by atoms with Crippen LogP contribution in [0.4, 0.5) is 0 Å². The van der Waals surface area contributed by atoms with E-state index in [9.17, 15) is 5.11 Å². The molecule has 4 rings (SSSR count). The van der Waals surface area contributed by atoms with E-state index >= 15 is 0 Å². The number of methoxy groups -OCH3 is 1. The Bertz CT molecular complexity index is 700. The van der Waals surface area contributed by atoms with Crippen molar-refractivity contribution in [2.75, 3.05) is 20.2 Å². The van der Waals surface area contributed by atoms with Crippen LogP contribution < -0.4 is 4.74 Å². The van der Waals surface area contributed by atoms with Crippen molar-refractivity contribution in [1.82, 2.24) is 4.90 Å². The third-order valence-corrected chi connectivity index (χ3v) is 5.43. The molecule has 1 aliphatic carbocycles. The second-order valence-corrected chi connectivity index (χ2v) is 6.64. The zero-order valence-corrected chi connectivity index (χ0v) is 13.5. The Morgan fingerprint density at radius 3 is 2.57 bits per heavy atom. The molecule has 3 unspecified atom stereocenters. The van der Waals surface area contributed by atoms with Gasteiger partial charge in [-0.05, 0) is 42.1 Å². The summed E-state index contributed by atoms with van der Waals surface area (Å²) in [5.74, 6) is 1.47. The summed E-state index contributed by atoms with van der Waals surface area (Å²) in [4.78, 5) is 2.46. The SMILES string of the molecule is COc1ccccc1C1CCN(C2Cc3ccccc3C2O)C1. The fraction of sp³-hybridized carbons (Fsp3) is 0.400. The maximum absolute atomic E-state index is 10.7. The van der Waals surface area contributed by atoms with E-state index in [-0.39, 0.29) is 12.1 Å². The summed E-state index contributed by atoms with van der Waals surface area (Å²) in [6, 6.07) is 16.8. The number of aliphatic hydroxyl groups is 1. The van der Waals surface area contributed by atoms with Gasteiger partial charge in [-0.25, -0.2) is 0 Å². The third kappa shape index (κ3) is 2.54. The number of fused-ring (bicyclic) bond motifs is 1. The van der Waals surface area contributed by atoms with Crippen molar-refractivity contribution in [2.24, 2.45) is 0 Å². The minimum atomic E-state index is -0.359. The van der Waals surface area contributed by atoms with Crippen LogP contribution in [-0.2, 0) is 6.42 Å². The molecule has 0 saturated carbocycles. The summed E-state index contributed by atoms with van der Waals surface area (Å²) >= 11 is 0. The summed E-state index contributed by atoms with van der Waals surface area (Å²) in [5.41, 5.74) is 3.70. The highest BCUT2D eigenvalue weighted by atomic mass is 16.5. The Balaban J connectivity index is 1.51. The number of benzene rings is 2. The van der Waals surface area contributed by atoms with Gasteiger partial charge in [0.1, 0.15) is 5.75 Å². The lowest BCUT2D eigenvalue weighted by molar-refractivity contribution is 0.0742. The van der Waals surface area contributed by atoms with Crippen molar-refractivity contribution in [1.29, 1.82) is 0 Å². The van der Waals surface area contributed by atoms with Gasteiger partial charge in [-0.15, -0.1) is 0 Å². The Hall–Kier alpha value is -1.84. The van der Waals surface area contributed by atoms with Crippen LogP contribution in [0.2, 0.25) is 0 Å². The van der Waals surface area contributed by atoms with Crippen LogP contribution in [0.25, 0.3) is 0 Å². The van der Waals surface area contributed by atoms with Crippen molar-refractivity contribution in [3.05, 3.63) is 65.2 Å². The van der Waals surface area contributed by atoms with Crippen molar-refractivity contribution < 1.29 is 9.84 Å². The fourth-order valence-electron chi connectivity index (χ4n) is 4.23. The molecule has 1 aliphatic heterocycles. The van der Waals surface area contributed by atoms with Gasteiger partial charge >= 0.3 is 0 Å². The Morgan fingerprint density at radius 2 is 1.78 bits per heavy atom. The molecule has 2 aromatic rings. The van der Waals surface area contributed by atoms with Gasteiger partial charge in [-0.3, -0.25) is 4.90 Å². The van der Waals surface area contributed by atoms with Crippen LogP contribution in [0.3, 0.4) is 0 Å². The summed E-state index contributed by atoms with van der Waals surface area (Å²) < 4.78 is 5.52. The van der Waals surface area contributed by atoms with E-state index in [2.05, 4.69) is 35.2 Å². The van der Waals surface area contributed by atoms with Gasteiger partial charge < -0.3 is 9.84 Å². The zero-order chi connectivity index (χ0) is 15.8. The summed E-state index contributed by atoms with van der Waals surface area (Å²) in [7, 11) is 1.74. The number of hydrogen-bond donors (Lipinski definition) is 1. The fourth-order valence-corrected chi connectivity index (χ4v) is 4.23. The minimum absolute atomic E-state index is 0.215. The largest absolute Gasteiger partial charge is 0.496 e. The summed E-state index contributed by atoms with van der Waals surface area (Å²) in [6.07, 6.45) is 1.72. The first-order chi connectivity index (χ1) is 11.3. The first-order valence-electron chi connectivity index (χ1n) is 8.40. The monoisotopic (exact) mass is 309 g/mol. The second kappa shape index (κ2) is 5.99. The Morgan fingerprint density at radius 1 is 1.04 bits per heavy atom. The van der Waals surface area contributed by atoms with Crippen LogP contribution in [0.15, 0.2) is 48.5 Å². The summed E-state index contributed by atoms with van der Waals surface area (Å²) in [6.45, 7) is 2.04. The highest BCUT2D eigenvalue weighted by molar-refractivity contribution is 5.38. The van der Waals surface area contributed by atoms with Gasteiger partial charge in [0, 0.05) is 18.5 Å². The molecule has 0 amide bonds. The Labute approximate surface area is 137 Å². The molecular formula is C20H23NO2. The van der Waals surface area contributed by atoms with E-state index in [1.165, 1.54) is 11.1 Å². The topological polar surface area (TPSA) is 32.7 Å². The maximum atomic E-state index is 10.7. The van der Waals surface area contributed by atoms with E-state index in [4.69, 9.17) is 4.74 Å². The normalized spacial score (nSPS) is 27.1. The van der Waals surface area contributed by atoms with Crippen LogP contribution in [-0.4, -0.2) is 36.2 Å². The quantitative estimate of drug-likeness (QED) is 0.945.